The van der Waals surface area contributed by atoms with Gasteiger partial charge in [0.25, 0.3) is 0 Å². The fourth-order valence-corrected chi connectivity index (χ4v) is 2.52. The lowest BCUT2D eigenvalue weighted by Gasteiger charge is -2.25. The van der Waals surface area contributed by atoms with Gasteiger partial charge in [-0.3, -0.25) is 4.90 Å². The fraction of sp³-hybridized carbons (Fsp3) is 0.385. The van der Waals surface area contributed by atoms with E-state index in [4.69, 9.17) is 4.52 Å². The molecule has 1 fully saturated rings. The molecule has 1 saturated heterocycles. The number of hydrogen-bond acceptors (Lipinski definition) is 5. The first-order valence-corrected chi connectivity index (χ1v) is 7.12. The van der Waals surface area contributed by atoms with Crippen LogP contribution in [0.3, 0.4) is 0 Å². The molecule has 3 rings (SSSR count). The van der Waals surface area contributed by atoms with Crippen LogP contribution in [0.4, 0.5) is 0 Å². The molecule has 1 aliphatic rings. The van der Waals surface area contributed by atoms with E-state index in [9.17, 15) is 0 Å². The van der Waals surface area contributed by atoms with Crippen LogP contribution in [0.2, 0.25) is 0 Å². The van der Waals surface area contributed by atoms with Gasteiger partial charge in [0.1, 0.15) is 0 Å². The van der Waals surface area contributed by atoms with Gasteiger partial charge in [-0.25, -0.2) is 0 Å². The Kier molecular flexibility index (Phi) is 3.91. The Balaban J connectivity index is 1.72. The van der Waals surface area contributed by atoms with Crippen molar-refractivity contribution in [1.29, 1.82) is 0 Å². The maximum Gasteiger partial charge on any atom is 0.241 e. The molecular weight excluding hydrogens is 308 g/mol. The summed E-state index contributed by atoms with van der Waals surface area (Å²) in [4.78, 5) is 6.77. The van der Waals surface area contributed by atoms with Crippen molar-refractivity contribution >= 4 is 15.9 Å². The summed E-state index contributed by atoms with van der Waals surface area (Å²) in [5.74, 6) is 1.32. The number of piperazine rings is 1. The van der Waals surface area contributed by atoms with Gasteiger partial charge in [-0.05, 0) is 12.1 Å². The molecule has 0 bridgehead atoms. The van der Waals surface area contributed by atoms with Crippen LogP contribution in [0.1, 0.15) is 5.89 Å². The predicted octanol–water partition coefficient (Wildman–Crippen LogP) is 1.90. The summed E-state index contributed by atoms with van der Waals surface area (Å²) in [6.07, 6.45) is 0. The van der Waals surface area contributed by atoms with E-state index in [0.29, 0.717) is 11.7 Å². The Labute approximate surface area is 120 Å². The highest BCUT2D eigenvalue weighted by molar-refractivity contribution is 9.10. The first kappa shape index (κ1) is 12.8. The summed E-state index contributed by atoms with van der Waals surface area (Å²) in [5.41, 5.74) is 0.963. The molecule has 0 radical (unpaired) electrons. The molecule has 0 aliphatic carbocycles. The molecule has 5 nitrogen and oxygen atoms in total. The maximum absolute atomic E-state index is 5.32. The minimum absolute atomic E-state index is 0.645. The molecular formula is C13H15BrN4O. The molecule has 0 unspecified atom stereocenters. The highest BCUT2D eigenvalue weighted by Crippen LogP contribution is 2.20. The van der Waals surface area contributed by atoms with Gasteiger partial charge in [0.15, 0.2) is 0 Å². The Morgan fingerprint density at radius 3 is 2.95 bits per heavy atom. The predicted molar refractivity (Wildman–Crippen MR) is 75.6 cm³/mol. The first-order chi connectivity index (χ1) is 9.31. The highest BCUT2D eigenvalue weighted by atomic mass is 79.9. The zero-order valence-electron chi connectivity index (χ0n) is 10.5. The van der Waals surface area contributed by atoms with Gasteiger partial charge in [-0.15, -0.1) is 0 Å². The van der Waals surface area contributed by atoms with Crippen LogP contribution in [0.15, 0.2) is 33.3 Å². The summed E-state index contributed by atoms with van der Waals surface area (Å²) in [7, 11) is 0. The number of halogens is 1. The van der Waals surface area contributed by atoms with Crippen molar-refractivity contribution < 1.29 is 4.52 Å². The van der Waals surface area contributed by atoms with E-state index in [-0.39, 0.29) is 0 Å². The van der Waals surface area contributed by atoms with E-state index in [0.717, 1.165) is 42.8 Å². The molecule has 6 heteroatoms. The van der Waals surface area contributed by atoms with E-state index in [1.165, 1.54) is 0 Å². The Hall–Kier alpha value is -1.24. The van der Waals surface area contributed by atoms with Crippen molar-refractivity contribution in [3.63, 3.8) is 0 Å². The lowest BCUT2D eigenvalue weighted by Crippen LogP contribution is -2.42. The van der Waals surface area contributed by atoms with E-state index >= 15 is 0 Å². The number of aromatic nitrogens is 2. The minimum Gasteiger partial charge on any atom is -0.338 e. The van der Waals surface area contributed by atoms with E-state index < -0.39 is 0 Å². The average molecular weight is 323 g/mol. The lowest BCUT2D eigenvalue weighted by molar-refractivity contribution is 0.203. The number of rotatable bonds is 3. The number of benzene rings is 1. The molecule has 0 amide bonds. The Bertz CT molecular complexity index is 551. The molecule has 0 atom stereocenters. The smallest absolute Gasteiger partial charge is 0.241 e. The quantitative estimate of drug-likeness (QED) is 0.935. The molecule has 1 aliphatic heterocycles. The van der Waals surface area contributed by atoms with E-state index in [1.54, 1.807) is 0 Å². The van der Waals surface area contributed by atoms with Crippen LogP contribution >= 0.6 is 15.9 Å². The SMILES string of the molecule is Brc1cccc(-c2noc(CN3CCNCC3)n2)c1. The molecule has 19 heavy (non-hydrogen) atoms. The lowest BCUT2D eigenvalue weighted by atomic mass is 10.2. The molecule has 100 valence electrons. The fourth-order valence-electron chi connectivity index (χ4n) is 2.12. The molecule has 0 spiro atoms. The minimum atomic E-state index is 0.645. The van der Waals surface area contributed by atoms with Crippen molar-refractivity contribution in [3.05, 3.63) is 34.6 Å². The van der Waals surface area contributed by atoms with Crippen molar-refractivity contribution in [3.8, 4) is 11.4 Å². The number of nitrogens with zero attached hydrogens (tertiary/aromatic N) is 3. The van der Waals surface area contributed by atoms with Gasteiger partial charge in [0, 0.05) is 36.2 Å². The third-order valence-electron chi connectivity index (χ3n) is 3.12. The van der Waals surface area contributed by atoms with Gasteiger partial charge >= 0.3 is 0 Å². The van der Waals surface area contributed by atoms with Gasteiger partial charge in [0.05, 0.1) is 6.54 Å². The van der Waals surface area contributed by atoms with Crippen LogP contribution in [-0.2, 0) is 6.54 Å². The Morgan fingerprint density at radius 1 is 1.32 bits per heavy atom. The van der Waals surface area contributed by atoms with E-state index in [2.05, 4.69) is 36.3 Å². The first-order valence-electron chi connectivity index (χ1n) is 6.33. The summed E-state index contributed by atoms with van der Waals surface area (Å²) in [6, 6.07) is 7.90. The second-order valence-corrected chi connectivity index (χ2v) is 5.46. The largest absolute Gasteiger partial charge is 0.338 e. The van der Waals surface area contributed by atoms with Crippen LogP contribution in [-0.4, -0.2) is 41.2 Å². The summed E-state index contributed by atoms with van der Waals surface area (Å²) in [5, 5.41) is 7.37. The van der Waals surface area contributed by atoms with Gasteiger partial charge in [0.2, 0.25) is 11.7 Å². The average Bonchev–Trinajstić information content (AvgIpc) is 2.88. The topological polar surface area (TPSA) is 54.2 Å². The van der Waals surface area contributed by atoms with Crippen LogP contribution in [0.25, 0.3) is 11.4 Å². The van der Waals surface area contributed by atoms with Crippen molar-refractivity contribution in [2.75, 3.05) is 26.2 Å². The zero-order valence-corrected chi connectivity index (χ0v) is 12.1. The van der Waals surface area contributed by atoms with Crippen molar-refractivity contribution in [1.82, 2.24) is 20.4 Å². The highest BCUT2D eigenvalue weighted by Gasteiger charge is 2.15. The van der Waals surface area contributed by atoms with Gasteiger partial charge < -0.3 is 9.84 Å². The third-order valence-corrected chi connectivity index (χ3v) is 3.61. The molecule has 1 aromatic carbocycles. The number of hydrogen-bond donors (Lipinski definition) is 1. The van der Waals surface area contributed by atoms with Gasteiger partial charge in [-0.1, -0.05) is 33.2 Å². The maximum atomic E-state index is 5.32. The number of nitrogens with one attached hydrogen (secondary N) is 1. The molecule has 2 aromatic rings. The second kappa shape index (κ2) is 5.81. The van der Waals surface area contributed by atoms with Crippen LogP contribution in [0.5, 0.6) is 0 Å². The molecule has 1 N–H and O–H groups in total. The van der Waals surface area contributed by atoms with Crippen LogP contribution in [0, 0.1) is 0 Å². The summed E-state index contributed by atoms with van der Waals surface area (Å²) in [6.45, 7) is 4.81. The van der Waals surface area contributed by atoms with Crippen LogP contribution < -0.4 is 5.32 Å². The standard InChI is InChI=1S/C13H15BrN4O/c14-11-3-1-2-10(8-11)13-16-12(19-17-13)9-18-6-4-15-5-7-18/h1-3,8,15H,4-7,9H2. The molecule has 2 heterocycles. The summed E-state index contributed by atoms with van der Waals surface area (Å²) >= 11 is 3.44. The zero-order chi connectivity index (χ0) is 13.1. The second-order valence-electron chi connectivity index (χ2n) is 4.55. The van der Waals surface area contributed by atoms with E-state index in [1.807, 2.05) is 24.3 Å². The normalized spacial score (nSPS) is 16.7. The third kappa shape index (κ3) is 3.20. The van der Waals surface area contributed by atoms with Crippen molar-refractivity contribution in [2.45, 2.75) is 6.54 Å². The monoisotopic (exact) mass is 322 g/mol. The van der Waals surface area contributed by atoms with Gasteiger partial charge in [-0.2, -0.15) is 4.98 Å². The summed E-state index contributed by atoms with van der Waals surface area (Å²) < 4.78 is 6.34. The molecule has 0 saturated carbocycles. The van der Waals surface area contributed by atoms with Crippen molar-refractivity contribution in [2.24, 2.45) is 0 Å². The molecule has 1 aromatic heterocycles. The Morgan fingerprint density at radius 2 is 2.16 bits per heavy atom.